The van der Waals surface area contributed by atoms with Gasteiger partial charge in [0.2, 0.25) is 6.86 Å². The van der Waals surface area contributed by atoms with Gasteiger partial charge in [0.15, 0.2) is 5.78 Å². The monoisotopic (exact) mass is 390 g/mol. The average Bonchev–Trinajstić information content (AvgIpc) is 2.52. The quantitative estimate of drug-likeness (QED) is 0.495. The molecule has 0 aliphatic rings. The lowest BCUT2D eigenvalue weighted by molar-refractivity contribution is -0.117. The molecule has 0 spiro atoms. The van der Waals surface area contributed by atoms with E-state index in [1.165, 1.54) is 12.1 Å². The van der Waals surface area contributed by atoms with Gasteiger partial charge in [0.1, 0.15) is 23.2 Å². The maximum atomic E-state index is 13.6. The van der Waals surface area contributed by atoms with Crippen LogP contribution in [-0.4, -0.2) is 18.4 Å². The predicted octanol–water partition coefficient (Wildman–Crippen LogP) is 4.96. The number of halogens is 5. The van der Waals surface area contributed by atoms with Gasteiger partial charge in [-0.3, -0.25) is 9.59 Å². The number of hydrogen-bond donors (Lipinski definition) is 0. The highest BCUT2D eigenvalue weighted by atomic mass is 35.5. The molecule has 0 saturated carbocycles. The molecule has 0 aliphatic carbocycles. The summed E-state index contributed by atoms with van der Waals surface area (Å²) in [5.41, 5.74) is -0.476. The molecule has 0 aromatic heterocycles. The van der Waals surface area contributed by atoms with Gasteiger partial charge in [0.25, 0.3) is 0 Å². The Morgan fingerprint density at radius 3 is 2.28 bits per heavy atom. The van der Waals surface area contributed by atoms with Crippen LogP contribution >= 0.6 is 23.2 Å². The molecular weight excluding hydrogens is 380 g/mol. The summed E-state index contributed by atoms with van der Waals surface area (Å²) in [7, 11) is 0. The Bertz CT molecular complexity index is 805. The van der Waals surface area contributed by atoms with Gasteiger partial charge >= 0.3 is 0 Å². The first-order chi connectivity index (χ1) is 11.8. The van der Waals surface area contributed by atoms with E-state index in [-0.39, 0.29) is 27.8 Å². The second-order valence-electron chi connectivity index (χ2n) is 5.04. The summed E-state index contributed by atoms with van der Waals surface area (Å²) in [6.07, 6.45) is -0.981. The third-order valence-corrected chi connectivity index (χ3v) is 3.95. The number of benzene rings is 2. The van der Waals surface area contributed by atoms with Gasteiger partial charge in [-0.1, -0.05) is 29.3 Å². The molecule has 0 saturated heterocycles. The highest BCUT2D eigenvalue weighted by Crippen LogP contribution is 2.32. The van der Waals surface area contributed by atoms with Crippen LogP contribution in [0.4, 0.5) is 13.2 Å². The molecule has 0 bridgehead atoms. The van der Waals surface area contributed by atoms with Gasteiger partial charge in [0.05, 0.1) is 17.0 Å². The van der Waals surface area contributed by atoms with Crippen LogP contribution in [-0.2, 0) is 11.2 Å². The van der Waals surface area contributed by atoms with Crippen molar-refractivity contribution in [3.05, 3.63) is 63.1 Å². The van der Waals surface area contributed by atoms with Crippen LogP contribution in [0.15, 0.2) is 30.3 Å². The Morgan fingerprint density at radius 1 is 1.04 bits per heavy atom. The van der Waals surface area contributed by atoms with Gasteiger partial charge in [-0.15, -0.1) is 0 Å². The topological polar surface area (TPSA) is 43.4 Å². The van der Waals surface area contributed by atoms with E-state index >= 15 is 0 Å². The number of rotatable bonds is 7. The van der Waals surface area contributed by atoms with Crippen molar-refractivity contribution in [1.29, 1.82) is 0 Å². The minimum Gasteiger partial charge on any atom is -0.461 e. The Morgan fingerprint density at radius 2 is 1.68 bits per heavy atom. The third kappa shape index (κ3) is 4.74. The molecule has 0 atom stereocenters. The molecule has 0 amide bonds. The van der Waals surface area contributed by atoms with Gasteiger partial charge in [-0.2, -0.15) is 0 Å². The maximum Gasteiger partial charge on any atom is 0.228 e. The largest absolute Gasteiger partial charge is 0.461 e. The van der Waals surface area contributed by atoms with Crippen molar-refractivity contribution in [2.75, 3.05) is 6.86 Å². The van der Waals surface area contributed by atoms with Crippen molar-refractivity contribution in [2.45, 2.75) is 12.8 Å². The highest BCUT2D eigenvalue weighted by molar-refractivity contribution is 6.35. The van der Waals surface area contributed by atoms with Crippen LogP contribution in [0.3, 0.4) is 0 Å². The first-order valence-electron chi connectivity index (χ1n) is 6.99. The summed E-state index contributed by atoms with van der Waals surface area (Å²) in [6.45, 7) is -1.10. The predicted molar refractivity (Wildman–Crippen MR) is 87.1 cm³/mol. The van der Waals surface area contributed by atoms with Crippen LogP contribution < -0.4 is 4.74 Å². The molecule has 132 valence electrons. The Hall–Kier alpha value is -2.05. The Labute approximate surface area is 151 Å². The first kappa shape index (κ1) is 19.3. The van der Waals surface area contributed by atoms with Gasteiger partial charge in [-0.25, -0.2) is 13.2 Å². The van der Waals surface area contributed by atoms with Gasteiger partial charge in [-0.05, 0) is 23.8 Å². The number of ether oxygens (including phenoxy) is 1. The highest BCUT2D eigenvalue weighted by Gasteiger charge is 2.21. The van der Waals surface area contributed by atoms with E-state index in [2.05, 4.69) is 4.74 Å². The van der Waals surface area contributed by atoms with E-state index in [0.29, 0.717) is 0 Å². The number of hydrogen-bond acceptors (Lipinski definition) is 3. The summed E-state index contributed by atoms with van der Waals surface area (Å²) < 4.78 is 43.9. The molecule has 0 unspecified atom stereocenters. The van der Waals surface area contributed by atoms with Crippen molar-refractivity contribution in [3.63, 3.8) is 0 Å². The fourth-order valence-electron chi connectivity index (χ4n) is 2.18. The number of Topliss-reactive ketones (excluding diaryl/α,β-unsaturated/α-hetero) is 2. The molecule has 25 heavy (non-hydrogen) atoms. The first-order valence-corrected chi connectivity index (χ1v) is 7.74. The molecule has 0 fully saturated rings. The lowest BCUT2D eigenvalue weighted by Gasteiger charge is -2.09. The van der Waals surface area contributed by atoms with Crippen molar-refractivity contribution in [2.24, 2.45) is 0 Å². The molecular formula is C17H11Cl2F3O3. The van der Waals surface area contributed by atoms with Crippen LogP contribution in [0.5, 0.6) is 5.75 Å². The van der Waals surface area contributed by atoms with E-state index in [1.54, 1.807) is 0 Å². The summed E-state index contributed by atoms with van der Waals surface area (Å²) >= 11 is 11.8. The fraction of sp³-hybridized carbons (Fsp3) is 0.176. The summed E-state index contributed by atoms with van der Waals surface area (Å²) in [5, 5.41) is 0.127. The van der Waals surface area contributed by atoms with E-state index < -0.39 is 42.0 Å². The third-order valence-electron chi connectivity index (χ3n) is 3.30. The van der Waals surface area contributed by atoms with Gasteiger partial charge in [0, 0.05) is 17.5 Å². The molecule has 8 heteroatoms. The van der Waals surface area contributed by atoms with E-state index in [4.69, 9.17) is 23.2 Å². The molecule has 3 nitrogen and oxygen atoms in total. The summed E-state index contributed by atoms with van der Waals surface area (Å²) in [5.74, 6) is -3.64. The van der Waals surface area contributed by atoms with Crippen molar-refractivity contribution >= 4 is 34.8 Å². The summed E-state index contributed by atoms with van der Waals surface area (Å²) in [4.78, 5) is 24.0. The van der Waals surface area contributed by atoms with Crippen LogP contribution in [0, 0.1) is 11.6 Å². The maximum absolute atomic E-state index is 13.6. The van der Waals surface area contributed by atoms with Crippen LogP contribution in [0.2, 0.25) is 10.0 Å². The number of ketones is 2. The fourth-order valence-corrected chi connectivity index (χ4v) is 2.64. The zero-order valence-electron chi connectivity index (χ0n) is 12.6. The lowest BCUT2D eigenvalue weighted by atomic mass is 10.0. The zero-order chi connectivity index (χ0) is 18.6. The molecule has 0 heterocycles. The molecule has 0 N–H and O–H groups in total. The van der Waals surface area contributed by atoms with E-state index in [1.807, 2.05) is 0 Å². The van der Waals surface area contributed by atoms with Crippen LogP contribution in [0.25, 0.3) is 0 Å². The van der Waals surface area contributed by atoms with Crippen LogP contribution in [0.1, 0.15) is 22.3 Å². The summed E-state index contributed by atoms with van der Waals surface area (Å²) in [6, 6.07) is 5.53. The molecule has 2 rings (SSSR count). The number of carbonyl (C=O) groups excluding carboxylic acids is 2. The normalized spacial score (nSPS) is 10.6. The standard InChI is InChI=1S/C17H11Cl2F3O3/c18-11-7-16(25-8-20)12(19)5-9(11)4-10(23)6-15(24)17-13(21)2-1-3-14(17)22/h1-3,5,7H,4,6,8H2. The van der Waals surface area contributed by atoms with E-state index in [0.717, 1.165) is 18.2 Å². The Kier molecular flexibility index (Phi) is 6.45. The van der Waals surface area contributed by atoms with Crippen molar-refractivity contribution in [3.8, 4) is 5.75 Å². The van der Waals surface area contributed by atoms with Crippen molar-refractivity contribution < 1.29 is 27.5 Å². The number of alkyl halides is 1. The average molecular weight is 391 g/mol. The second kappa shape index (κ2) is 8.36. The SMILES string of the molecule is O=C(CC(=O)c1c(F)cccc1F)Cc1cc(Cl)c(OCF)cc1Cl. The molecule has 2 aromatic rings. The zero-order valence-corrected chi connectivity index (χ0v) is 14.1. The minimum atomic E-state index is -1.10. The van der Waals surface area contributed by atoms with Crippen molar-refractivity contribution in [1.82, 2.24) is 0 Å². The molecule has 2 aromatic carbocycles. The Balaban J connectivity index is 2.13. The number of carbonyl (C=O) groups is 2. The second-order valence-corrected chi connectivity index (χ2v) is 5.85. The lowest BCUT2D eigenvalue weighted by Crippen LogP contribution is -2.13. The van der Waals surface area contributed by atoms with E-state index in [9.17, 15) is 22.8 Å². The smallest absolute Gasteiger partial charge is 0.228 e. The minimum absolute atomic E-state index is 0.00914. The van der Waals surface area contributed by atoms with Gasteiger partial charge < -0.3 is 4.74 Å². The molecule has 0 radical (unpaired) electrons. The molecule has 0 aliphatic heterocycles.